The number of ether oxygens (including phenoxy) is 2. The zero-order chi connectivity index (χ0) is 14.0. The number of hydrogen-bond donors (Lipinski definition) is 1. The van der Waals surface area contributed by atoms with E-state index in [-0.39, 0.29) is 11.5 Å². The predicted octanol–water partition coefficient (Wildman–Crippen LogP) is 2.15. The monoisotopic (exact) mass is 378 g/mol. The van der Waals surface area contributed by atoms with Gasteiger partial charge in [-0.25, -0.2) is 4.98 Å². The van der Waals surface area contributed by atoms with Crippen LogP contribution in [0.1, 0.15) is 44.1 Å². The van der Waals surface area contributed by atoms with Gasteiger partial charge in [-0.2, -0.15) is 0 Å². The first-order chi connectivity index (χ1) is 9.00. The summed E-state index contributed by atoms with van der Waals surface area (Å²) in [6, 6.07) is 0. The molecule has 1 aliphatic heterocycles. The molecule has 2 heterocycles. The third-order valence-electron chi connectivity index (χ3n) is 3.56. The number of aromatic amines is 1. The van der Waals surface area contributed by atoms with Crippen molar-refractivity contribution in [1.29, 1.82) is 0 Å². The van der Waals surface area contributed by atoms with E-state index in [1.165, 1.54) is 0 Å². The lowest BCUT2D eigenvalue weighted by Crippen LogP contribution is -2.39. The van der Waals surface area contributed by atoms with Crippen LogP contribution in [-0.2, 0) is 15.1 Å². The van der Waals surface area contributed by atoms with E-state index in [0.717, 1.165) is 5.69 Å². The van der Waals surface area contributed by atoms with Crippen molar-refractivity contribution >= 4 is 22.6 Å². The van der Waals surface area contributed by atoms with Gasteiger partial charge in [0.1, 0.15) is 11.4 Å². The maximum atomic E-state index is 12.1. The molecule has 106 valence electrons. The maximum Gasteiger partial charge on any atom is 0.264 e. The number of methoxy groups -OCH3 is 1. The van der Waals surface area contributed by atoms with Crippen LogP contribution in [0.3, 0.4) is 0 Å². The minimum absolute atomic E-state index is 0.0859. The molecule has 0 unspecified atom stereocenters. The van der Waals surface area contributed by atoms with Gasteiger partial charge in [-0.3, -0.25) is 4.79 Å². The molecule has 1 aliphatic rings. The Bertz CT molecular complexity index is 507. The van der Waals surface area contributed by atoms with Gasteiger partial charge in [-0.05, 0) is 28.5 Å². The Morgan fingerprint density at radius 1 is 1.42 bits per heavy atom. The number of halogens is 1. The fraction of sp³-hybridized carbons (Fsp3) is 0.692. The molecule has 2 rings (SSSR count). The van der Waals surface area contributed by atoms with E-state index in [0.29, 0.717) is 35.4 Å². The molecule has 6 heteroatoms. The number of nitrogens with zero attached hydrogens (tertiary/aromatic N) is 1. The molecule has 5 nitrogen and oxygen atoms in total. The average molecular weight is 378 g/mol. The predicted molar refractivity (Wildman–Crippen MR) is 80.4 cm³/mol. The average Bonchev–Trinajstić information content (AvgIpc) is 2.42. The summed E-state index contributed by atoms with van der Waals surface area (Å²) in [4.78, 5) is 19.6. The molecule has 0 saturated carbocycles. The highest BCUT2D eigenvalue weighted by Crippen LogP contribution is 2.33. The fourth-order valence-corrected chi connectivity index (χ4v) is 3.19. The summed E-state index contributed by atoms with van der Waals surface area (Å²) in [6.45, 7) is 5.33. The smallest absolute Gasteiger partial charge is 0.264 e. The van der Waals surface area contributed by atoms with E-state index >= 15 is 0 Å². The number of H-pyrrole nitrogens is 1. The van der Waals surface area contributed by atoms with Crippen LogP contribution in [0.25, 0.3) is 0 Å². The molecule has 19 heavy (non-hydrogen) atoms. The molecule has 1 saturated heterocycles. The SMILES string of the molecule is COC1(c2nc(C(C)C)c(I)c(=O)[nH]2)CCOCC1. The lowest BCUT2D eigenvalue weighted by Gasteiger charge is -2.35. The molecular formula is C13H19IN2O3. The number of rotatable bonds is 3. The summed E-state index contributed by atoms with van der Waals surface area (Å²) < 4.78 is 11.7. The van der Waals surface area contributed by atoms with Crippen LogP contribution in [-0.4, -0.2) is 30.3 Å². The highest BCUT2D eigenvalue weighted by Gasteiger charge is 2.37. The summed E-state index contributed by atoms with van der Waals surface area (Å²) in [6.07, 6.45) is 1.43. The van der Waals surface area contributed by atoms with Gasteiger partial charge in [0.05, 0.1) is 9.26 Å². The van der Waals surface area contributed by atoms with Crippen molar-refractivity contribution in [2.75, 3.05) is 20.3 Å². The minimum atomic E-state index is -0.522. The van der Waals surface area contributed by atoms with Gasteiger partial charge in [0.2, 0.25) is 0 Å². The van der Waals surface area contributed by atoms with Crippen molar-refractivity contribution in [3.05, 3.63) is 25.4 Å². The number of hydrogen-bond acceptors (Lipinski definition) is 4. The Hall–Kier alpha value is -0.470. The normalized spacial score (nSPS) is 18.8. The maximum absolute atomic E-state index is 12.1. The van der Waals surface area contributed by atoms with Crippen LogP contribution < -0.4 is 5.56 Å². The van der Waals surface area contributed by atoms with Gasteiger partial charge in [0, 0.05) is 33.2 Å². The zero-order valence-corrected chi connectivity index (χ0v) is 13.6. The summed E-state index contributed by atoms with van der Waals surface area (Å²) in [5, 5.41) is 0. The topological polar surface area (TPSA) is 64.2 Å². The van der Waals surface area contributed by atoms with Crippen LogP contribution in [0, 0.1) is 3.57 Å². The van der Waals surface area contributed by atoms with Gasteiger partial charge >= 0.3 is 0 Å². The Morgan fingerprint density at radius 2 is 2.05 bits per heavy atom. The Balaban J connectivity index is 2.52. The third kappa shape index (κ3) is 2.85. The Labute approximate surface area is 126 Å². The molecule has 1 aromatic heterocycles. The first kappa shape index (κ1) is 14.9. The van der Waals surface area contributed by atoms with Gasteiger partial charge in [-0.1, -0.05) is 13.8 Å². The van der Waals surface area contributed by atoms with Crippen molar-refractivity contribution in [3.8, 4) is 0 Å². The molecule has 1 N–H and O–H groups in total. The second-order valence-corrected chi connectivity index (χ2v) is 6.16. The van der Waals surface area contributed by atoms with Crippen LogP contribution in [0.5, 0.6) is 0 Å². The second kappa shape index (κ2) is 5.88. The van der Waals surface area contributed by atoms with Crippen LogP contribution >= 0.6 is 22.6 Å². The fourth-order valence-electron chi connectivity index (χ4n) is 2.31. The van der Waals surface area contributed by atoms with Crippen molar-refractivity contribution in [1.82, 2.24) is 9.97 Å². The lowest BCUT2D eigenvalue weighted by molar-refractivity contribution is -0.100. The van der Waals surface area contributed by atoms with Crippen LogP contribution in [0.15, 0.2) is 4.79 Å². The molecule has 0 radical (unpaired) electrons. The van der Waals surface area contributed by atoms with Crippen molar-refractivity contribution in [2.24, 2.45) is 0 Å². The summed E-state index contributed by atoms with van der Waals surface area (Å²) in [7, 11) is 1.67. The van der Waals surface area contributed by atoms with E-state index < -0.39 is 5.60 Å². The molecule has 0 aromatic carbocycles. The number of aromatic nitrogens is 2. The molecule has 0 atom stereocenters. The third-order valence-corrected chi connectivity index (χ3v) is 4.60. The lowest BCUT2D eigenvalue weighted by atomic mass is 9.92. The molecule has 1 aromatic rings. The molecule has 0 amide bonds. The quantitative estimate of drug-likeness (QED) is 0.819. The Kier molecular flexibility index (Phi) is 4.62. The minimum Gasteiger partial charge on any atom is -0.381 e. The molecule has 0 spiro atoms. The van der Waals surface area contributed by atoms with Crippen molar-refractivity contribution in [2.45, 2.75) is 38.2 Å². The molecule has 0 bridgehead atoms. The van der Waals surface area contributed by atoms with E-state index in [1.54, 1.807) is 7.11 Å². The summed E-state index contributed by atoms with van der Waals surface area (Å²) in [5.74, 6) is 0.842. The molecule has 0 aliphatic carbocycles. The first-order valence-electron chi connectivity index (χ1n) is 6.43. The van der Waals surface area contributed by atoms with Crippen LogP contribution in [0.2, 0.25) is 0 Å². The summed E-state index contributed by atoms with van der Waals surface area (Å²) >= 11 is 2.05. The Morgan fingerprint density at radius 3 is 2.58 bits per heavy atom. The summed E-state index contributed by atoms with van der Waals surface area (Å²) in [5.41, 5.74) is 0.227. The van der Waals surface area contributed by atoms with E-state index in [9.17, 15) is 4.79 Å². The number of nitrogens with one attached hydrogen (secondary N) is 1. The van der Waals surface area contributed by atoms with Gasteiger partial charge in [0.15, 0.2) is 0 Å². The van der Waals surface area contributed by atoms with Crippen molar-refractivity contribution in [3.63, 3.8) is 0 Å². The molecule has 1 fully saturated rings. The van der Waals surface area contributed by atoms with Crippen LogP contribution in [0.4, 0.5) is 0 Å². The second-order valence-electron chi connectivity index (χ2n) is 5.08. The van der Waals surface area contributed by atoms with E-state index in [4.69, 9.17) is 9.47 Å². The van der Waals surface area contributed by atoms with E-state index in [1.807, 2.05) is 13.8 Å². The highest BCUT2D eigenvalue weighted by atomic mass is 127. The van der Waals surface area contributed by atoms with Gasteiger partial charge in [-0.15, -0.1) is 0 Å². The van der Waals surface area contributed by atoms with Crippen molar-refractivity contribution < 1.29 is 9.47 Å². The van der Waals surface area contributed by atoms with Gasteiger partial charge < -0.3 is 14.5 Å². The first-order valence-corrected chi connectivity index (χ1v) is 7.51. The van der Waals surface area contributed by atoms with Gasteiger partial charge in [0.25, 0.3) is 5.56 Å². The standard InChI is InChI=1S/C13H19IN2O3/c1-8(2)10-9(14)11(17)16-12(15-10)13(18-3)4-6-19-7-5-13/h8H,4-7H2,1-3H3,(H,15,16,17). The zero-order valence-electron chi connectivity index (χ0n) is 11.5. The highest BCUT2D eigenvalue weighted by molar-refractivity contribution is 14.1. The largest absolute Gasteiger partial charge is 0.381 e. The molecular weight excluding hydrogens is 359 g/mol. The van der Waals surface area contributed by atoms with E-state index in [2.05, 4.69) is 32.6 Å².